The van der Waals surface area contributed by atoms with Crippen molar-refractivity contribution in [2.75, 3.05) is 23.8 Å². The molecule has 0 aliphatic rings. The Morgan fingerprint density at radius 2 is 0.868 bits per heavy atom. The van der Waals surface area contributed by atoms with Crippen LogP contribution in [-0.2, 0) is 9.59 Å². The molecule has 0 aliphatic carbocycles. The molecule has 0 aromatic heterocycles. The van der Waals surface area contributed by atoms with Crippen molar-refractivity contribution in [3.8, 4) is 11.5 Å². The van der Waals surface area contributed by atoms with Crippen molar-refractivity contribution in [1.29, 1.82) is 0 Å². The molecule has 0 fully saturated rings. The Morgan fingerprint density at radius 1 is 0.526 bits per heavy atom. The van der Waals surface area contributed by atoms with Crippen molar-refractivity contribution in [3.63, 3.8) is 0 Å². The van der Waals surface area contributed by atoms with Crippen LogP contribution >= 0.6 is 0 Å². The van der Waals surface area contributed by atoms with Gasteiger partial charge in [-0.3, -0.25) is 9.59 Å². The van der Waals surface area contributed by atoms with Gasteiger partial charge in [-0.1, -0.05) is 65.2 Å². The number of unbranched alkanes of at least 4 members (excludes halogenated alkanes) is 9. The topological polar surface area (TPSA) is 76.7 Å². The fraction of sp³-hybridized carbons (Fsp3) is 0.562. The van der Waals surface area contributed by atoms with Gasteiger partial charge in [-0.25, -0.2) is 0 Å². The maximum Gasteiger partial charge on any atom is 0.224 e. The molecule has 2 aromatic carbocycles. The van der Waals surface area contributed by atoms with Crippen molar-refractivity contribution >= 4 is 23.2 Å². The van der Waals surface area contributed by atoms with Gasteiger partial charge in [-0.05, 0) is 74.2 Å². The van der Waals surface area contributed by atoms with Crippen molar-refractivity contribution in [1.82, 2.24) is 0 Å². The van der Waals surface area contributed by atoms with E-state index in [0.29, 0.717) is 12.8 Å². The van der Waals surface area contributed by atoms with E-state index in [9.17, 15) is 9.59 Å². The van der Waals surface area contributed by atoms with Gasteiger partial charge in [-0.15, -0.1) is 0 Å². The van der Waals surface area contributed by atoms with Crippen LogP contribution in [0.1, 0.15) is 104 Å². The first-order valence-corrected chi connectivity index (χ1v) is 14.7. The third-order valence-electron chi connectivity index (χ3n) is 6.37. The molecule has 2 N–H and O–H groups in total. The number of benzene rings is 2. The Morgan fingerprint density at radius 3 is 1.21 bits per heavy atom. The minimum atomic E-state index is 0.0687. The lowest BCUT2D eigenvalue weighted by molar-refractivity contribution is -0.117. The number of nitrogens with one attached hydrogen (secondary N) is 2. The van der Waals surface area contributed by atoms with E-state index < -0.39 is 0 Å². The fourth-order valence-electron chi connectivity index (χ4n) is 4.02. The minimum absolute atomic E-state index is 0.0687. The lowest BCUT2D eigenvalue weighted by Crippen LogP contribution is -2.11. The molecule has 6 nitrogen and oxygen atoms in total. The SMILES string of the molecule is CCCCOc1ccc(NC(=O)CCCCCCCCCCC(=O)Nc2ccc(OCCCC)cc2)cc1. The number of amides is 2. The van der Waals surface area contributed by atoms with E-state index in [0.717, 1.165) is 100 Å². The predicted molar refractivity (Wildman–Crippen MR) is 157 cm³/mol. The molecule has 0 saturated carbocycles. The van der Waals surface area contributed by atoms with Crippen LogP contribution in [0, 0.1) is 0 Å². The summed E-state index contributed by atoms with van der Waals surface area (Å²) >= 11 is 0. The smallest absolute Gasteiger partial charge is 0.224 e. The highest BCUT2D eigenvalue weighted by molar-refractivity contribution is 5.91. The molecule has 0 radical (unpaired) electrons. The molecule has 0 heterocycles. The summed E-state index contributed by atoms with van der Waals surface area (Å²) in [6.07, 6.45) is 14.0. The molecule has 0 bridgehead atoms. The lowest BCUT2D eigenvalue weighted by atomic mass is 10.1. The molecule has 0 unspecified atom stereocenters. The van der Waals surface area contributed by atoms with Crippen LogP contribution in [0.25, 0.3) is 0 Å². The molecule has 2 amide bonds. The zero-order chi connectivity index (χ0) is 27.3. The maximum absolute atomic E-state index is 12.2. The van der Waals surface area contributed by atoms with Crippen LogP contribution in [0.15, 0.2) is 48.5 Å². The van der Waals surface area contributed by atoms with E-state index in [1.807, 2.05) is 48.5 Å². The second-order valence-electron chi connectivity index (χ2n) is 9.88. The molecule has 210 valence electrons. The molecule has 0 atom stereocenters. The van der Waals surface area contributed by atoms with E-state index in [4.69, 9.17) is 9.47 Å². The first-order chi connectivity index (χ1) is 18.6. The van der Waals surface area contributed by atoms with Crippen LogP contribution < -0.4 is 20.1 Å². The van der Waals surface area contributed by atoms with Gasteiger partial charge in [0.15, 0.2) is 0 Å². The standard InChI is InChI=1S/C32H48N2O4/c1-3-5-25-37-29-21-17-27(18-22-29)33-31(35)15-13-11-9-7-8-10-12-14-16-32(36)34-28-19-23-30(24-20-28)38-26-6-4-2/h17-24H,3-16,25-26H2,1-2H3,(H,33,35)(H,34,36). The van der Waals surface area contributed by atoms with Gasteiger partial charge in [0, 0.05) is 24.2 Å². The van der Waals surface area contributed by atoms with E-state index >= 15 is 0 Å². The largest absolute Gasteiger partial charge is 0.494 e. The molecule has 38 heavy (non-hydrogen) atoms. The van der Waals surface area contributed by atoms with Crippen molar-refractivity contribution in [3.05, 3.63) is 48.5 Å². The molecule has 6 heteroatoms. The number of ether oxygens (including phenoxy) is 2. The van der Waals surface area contributed by atoms with E-state index in [2.05, 4.69) is 24.5 Å². The zero-order valence-corrected chi connectivity index (χ0v) is 23.6. The number of hydrogen-bond donors (Lipinski definition) is 2. The Hall–Kier alpha value is -3.02. The molecule has 0 spiro atoms. The van der Waals surface area contributed by atoms with Crippen LogP contribution in [0.4, 0.5) is 11.4 Å². The van der Waals surface area contributed by atoms with Crippen molar-refractivity contribution in [2.45, 2.75) is 104 Å². The highest BCUT2D eigenvalue weighted by Crippen LogP contribution is 2.18. The molecular weight excluding hydrogens is 476 g/mol. The highest BCUT2D eigenvalue weighted by Gasteiger charge is 2.05. The number of carbonyl (C=O) groups is 2. The van der Waals surface area contributed by atoms with E-state index in [1.165, 1.54) is 12.8 Å². The summed E-state index contributed by atoms with van der Waals surface area (Å²) in [5.74, 6) is 1.82. The molecule has 0 saturated heterocycles. The van der Waals surface area contributed by atoms with Crippen LogP contribution in [0.3, 0.4) is 0 Å². The number of anilines is 2. The summed E-state index contributed by atoms with van der Waals surface area (Å²) in [6, 6.07) is 15.2. The summed E-state index contributed by atoms with van der Waals surface area (Å²) in [5, 5.41) is 5.93. The Kier molecular flexibility index (Phi) is 16.4. The molecular formula is C32H48N2O4. The van der Waals surface area contributed by atoms with Gasteiger partial charge in [0.2, 0.25) is 11.8 Å². The molecule has 2 rings (SSSR count). The first-order valence-electron chi connectivity index (χ1n) is 14.7. The van der Waals surface area contributed by atoms with Crippen LogP contribution in [0.5, 0.6) is 11.5 Å². The van der Waals surface area contributed by atoms with Gasteiger partial charge in [-0.2, -0.15) is 0 Å². The zero-order valence-electron chi connectivity index (χ0n) is 23.6. The van der Waals surface area contributed by atoms with Gasteiger partial charge < -0.3 is 20.1 Å². The summed E-state index contributed by atoms with van der Waals surface area (Å²) < 4.78 is 11.3. The number of hydrogen-bond acceptors (Lipinski definition) is 4. The summed E-state index contributed by atoms with van der Waals surface area (Å²) in [5.41, 5.74) is 1.63. The molecule has 0 aliphatic heterocycles. The predicted octanol–water partition coefficient (Wildman–Crippen LogP) is 8.52. The second-order valence-corrected chi connectivity index (χ2v) is 9.88. The first kappa shape index (κ1) is 31.2. The van der Waals surface area contributed by atoms with Crippen molar-refractivity contribution in [2.24, 2.45) is 0 Å². The third kappa shape index (κ3) is 14.7. The summed E-state index contributed by atoms with van der Waals surface area (Å²) in [4.78, 5) is 24.3. The highest BCUT2D eigenvalue weighted by atomic mass is 16.5. The van der Waals surface area contributed by atoms with Crippen LogP contribution in [0.2, 0.25) is 0 Å². The average Bonchev–Trinajstić information content (AvgIpc) is 2.92. The number of carbonyl (C=O) groups excluding carboxylic acids is 2. The normalized spacial score (nSPS) is 10.7. The minimum Gasteiger partial charge on any atom is -0.494 e. The maximum atomic E-state index is 12.2. The summed E-state index contributed by atoms with van der Waals surface area (Å²) in [6.45, 7) is 5.73. The summed E-state index contributed by atoms with van der Waals surface area (Å²) in [7, 11) is 0. The van der Waals surface area contributed by atoms with Crippen molar-refractivity contribution < 1.29 is 19.1 Å². The van der Waals surface area contributed by atoms with Gasteiger partial charge >= 0.3 is 0 Å². The fourth-order valence-corrected chi connectivity index (χ4v) is 4.02. The second kappa shape index (κ2) is 20.0. The quantitative estimate of drug-likeness (QED) is 0.160. The lowest BCUT2D eigenvalue weighted by Gasteiger charge is -2.08. The van der Waals surface area contributed by atoms with Gasteiger partial charge in [0.1, 0.15) is 11.5 Å². The molecule has 2 aromatic rings. The Balaban J connectivity index is 1.42. The Bertz CT molecular complexity index is 821. The van der Waals surface area contributed by atoms with Gasteiger partial charge in [0.05, 0.1) is 13.2 Å². The third-order valence-corrected chi connectivity index (χ3v) is 6.37. The van der Waals surface area contributed by atoms with Gasteiger partial charge in [0.25, 0.3) is 0 Å². The van der Waals surface area contributed by atoms with Crippen LogP contribution in [-0.4, -0.2) is 25.0 Å². The van der Waals surface area contributed by atoms with E-state index in [-0.39, 0.29) is 11.8 Å². The Labute approximate surface area is 229 Å². The average molecular weight is 525 g/mol. The monoisotopic (exact) mass is 524 g/mol. The van der Waals surface area contributed by atoms with E-state index in [1.54, 1.807) is 0 Å². The number of rotatable bonds is 21.